The molecule has 28 heavy (non-hydrogen) atoms. The van der Waals surface area contributed by atoms with E-state index >= 15 is 0 Å². The molecular formula is C20H16N4O3S. The second kappa shape index (κ2) is 6.65. The number of rotatable bonds is 5. The third kappa shape index (κ3) is 2.78. The van der Waals surface area contributed by atoms with E-state index in [2.05, 4.69) is 15.3 Å². The van der Waals surface area contributed by atoms with Crippen LogP contribution >= 0.6 is 11.3 Å². The van der Waals surface area contributed by atoms with Crippen molar-refractivity contribution >= 4 is 27.3 Å². The fraction of sp³-hybridized carbons (Fsp3) is 0.150. The molecular weight excluding hydrogens is 376 g/mol. The second-order valence-electron chi connectivity index (χ2n) is 6.23. The van der Waals surface area contributed by atoms with Crippen LogP contribution in [0.5, 0.6) is 11.5 Å². The van der Waals surface area contributed by atoms with Gasteiger partial charge in [-0.15, -0.1) is 10.2 Å². The van der Waals surface area contributed by atoms with Gasteiger partial charge in [0.25, 0.3) is 0 Å². The van der Waals surface area contributed by atoms with E-state index in [1.807, 2.05) is 55.5 Å². The van der Waals surface area contributed by atoms with Crippen LogP contribution in [0.2, 0.25) is 0 Å². The smallest absolute Gasteiger partial charge is 0.235 e. The maximum absolute atomic E-state index is 6.01. The molecule has 0 spiro atoms. The summed E-state index contributed by atoms with van der Waals surface area (Å²) in [6.45, 7) is 2.35. The molecule has 3 aromatic heterocycles. The summed E-state index contributed by atoms with van der Waals surface area (Å²) in [5.41, 5.74) is 1.84. The summed E-state index contributed by atoms with van der Waals surface area (Å²) >= 11 is 1.44. The van der Waals surface area contributed by atoms with Crippen molar-refractivity contribution in [1.82, 2.24) is 19.8 Å². The van der Waals surface area contributed by atoms with Crippen molar-refractivity contribution < 1.29 is 13.9 Å². The van der Waals surface area contributed by atoms with E-state index in [1.165, 1.54) is 11.3 Å². The van der Waals surface area contributed by atoms with Crippen LogP contribution in [0.15, 0.2) is 52.9 Å². The summed E-state index contributed by atoms with van der Waals surface area (Å²) in [7, 11) is 1.63. The van der Waals surface area contributed by atoms with Crippen molar-refractivity contribution in [3.63, 3.8) is 0 Å². The maximum Gasteiger partial charge on any atom is 0.235 e. The molecule has 5 aromatic rings. The number of aromatic nitrogens is 4. The first kappa shape index (κ1) is 16.8. The van der Waals surface area contributed by atoms with Gasteiger partial charge in [-0.25, -0.2) is 0 Å². The average molecular weight is 392 g/mol. The summed E-state index contributed by atoms with van der Waals surface area (Å²) in [4.78, 5) is 0.694. The highest BCUT2D eigenvalue weighted by Crippen LogP contribution is 2.32. The molecule has 8 heteroatoms. The highest BCUT2D eigenvalue weighted by molar-refractivity contribution is 7.16. The number of nitrogens with zero attached hydrogens (tertiary/aromatic N) is 4. The van der Waals surface area contributed by atoms with Crippen molar-refractivity contribution in [1.29, 1.82) is 0 Å². The Kier molecular flexibility index (Phi) is 3.98. The minimum Gasteiger partial charge on any atom is -0.497 e. The number of hydrogen-bond acceptors (Lipinski definition) is 7. The first-order valence-corrected chi connectivity index (χ1v) is 9.51. The van der Waals surface area contributed by atoms with Crippen LogP contribution in [0.25, 0.3) is 27.5 Å². The lowest BCUT2D eigenvalue weighted by atomic mass is 10.1. The molecule has 0 N–H and O–H groups in total. The van der Waals surface area contributed by atoms with Gasteiger partial charge in [-0.05, 0) is 25.1 Å². The number of benzene rings is 2. The van der Waals surface area contributed by atoms with Crippen molar-refractivity contribution in [2.45, 2.75) is 13.5 Å². The molecule has 0 saturated heterocycles. The number of furan rings is 1. The fourth-order valence-electron chi connectivity index (χ4n) is 3.08. The largest absolute Gasteiger partial charge is 0.497 e. The van der Waals surface area contributed by atoms with Crippen LogP contribution in [-0.2, 0) is 6.61 Å². The molecule has 7 nitrogen and oxygen atoms in total. The van der Waals surface area contributed by atoms with Crippen LogP contribution in [0.3, 0.4) is 0 Å². The zero-order valence-electron chi connectivity index (χ0n) is 15.2. The van der Waals surface area contributed by atoms with E-state index in [9.17, 15) is 0 Å². The number of ether oxygens (including phenoxy) is 2. The standard InChI is InChI=1S/C20H16N4O3S/c1-12-15-8-3-4-9-16(15)27-18(12)19-21-22-20-24(19)23-17(28-20)11-26-14-7-5-6-13(10-14)25-2/h3-10H,11H2,1-2H3. The van der Waals surface area contributed by atoms with E-state index in [0.717, 1.165) is 33.0 Å². The average Bonchev–Trinajstić information content (AvgIpc) is 3.40. The second-order valence-corrected chi connectivity index (χ2v) is 7.27. The molecule has 2 aromatic carbocycles. The lowest BCUT2D eigenvalue weighted by molar-refractivity contribution is 0.301. The summed E-state index contributed by atoms with van der Waals surface area (Å²) in [6.07, 6.45) is 0. The minimum atomic E-state index is 0.333. The monoisotopic (exact) mass is 392 g/mol. The zero-order chi connectivity index (χ0) is 19.1. The third-order valence-electron chi connectivity index (χ3n) is 4.48. The predicted molar refractivity (Wildman–Crippen MR) is 106 cm³/mol. The highest BCUT2D eigenvalue weighted by Gasteiger charge is 2.20. The molecule has 140 valence electrons. The molecule has 3 heterocycles. The van der Waals surface area contributed by atoms with Crippen molar-refractivity contribution in [3.8, 4) is 23.1 Å². The molecule has 0 bridgehead atoms. The molecule has 0 fully saturated rings. The van der Waals surface area contributed by atoms with Crippen LogP contribution < -0.4 is 9.47 Å². The quantitative estimate of drug-likeness (QED) is 0.439. The first-order chi connectivity index (χ1) is 13.7. The topological polar surface area (TPSA) is 74.7 Å². The Labute approximate surface area is 164 Å². The lowest BCUT2D eigenvalue weighted by Gasteiger charge is -2.05. The van der Waals surface area contributed by atoms with Crippen molar-refractivity contribution in [2.75, 3.05) is 7.11 Å². The van der Waals surface area contributed by atoms with Gasteiger partial charge < -0.3 is 13.9 Å². The van der Waals surface area contributed by atoms with Gasteiger partial charge in [-0.1, -0.05) is 35.6 Å². The molecule has 0 atom stereocenters. The van der Waals surface area contributed by atoms with Gasteiger partial charge in [0.15, 0.2) is 10.8 Å². The van der Waals surface area contributed by atoms with Crippen LogP contribution in [-0.4, -0.2) is 26.9 Å². The Balaban J connectivity index is 1.46. The van der Waals surface area contributed by atoms with Crippen LogP contribution in [0.1, 0.15) is 10.6 Å². The van der Waals surface area contributed by atoms with E-state index in [-0.39, 0.29) is 0 Å². The predicted octanol–water partition coefficient (Wildman–Crippen LogP) is 4.50. The normalized spacial score (nSPS) is 11.4. The molecule has 0 aliphatic rings. The Morgan fingerprint density at radius 2 is 1.93 bits per heavy atom. The summed E-state index contributed by atoms with van der Waals surface area (Å²) in [5, 5.41) is 15.0. The fourth-order valence-corrected chi connectivity index (χ4v) is 3.83. The van der Waals surface area contributed by atoms with Gasteiger partial charge in [-0.2, -0.15) is 9.61 Å². The van der Waals surface area contributed by atoms with Crippen molar-refractivity contribution in [3.05, 3.63) is 59.1 Å². The molecule has 0 unspecified atom stereocenters. The van der Waals surface area contributed by atoms with E-state index in [4.69, 9.17) is 13.9 Å². The Morgan fingerprint density at radius 1 is 1.07 bits per heavy atom. The van der Waals surface area contributed by atoms with Gasteiger partial charge in [0, 0.05) is 17.0 Å². The van der Waals surface area contributed by atoms with Gasteiger partial charge in [0.05, 0.1) is 7.11 Å². The first-order valence-electron chi connectivity index (χ1n) is 8.69. The summed E-state index contributed by atoms with van der Waals surface area (Å²) < 4.78 is 18.8. The minimum absolute atomic E-state index is 0.333. The molecule has 0 aliphatic carbocycles. The number of aryl methyl sites for hydroxylation is 1. The molecule has 0 radical (unpaired) electrons. The molecule has 0 amide bonds. The van der Waals surface area contributed by atoms with Gasteiger partial charge in [0.1, 0.15) is 23.7 Å². The van der Waals surface area contributed by atoms with Crippen LogP contribution in [0.4, 0.5) is 0 Å². The van der Waals surface area contributed by atoms with Gasteiger partial charge in [0.2, 0.25) is 10.8 Å². The Bertz CT molecular complexity index is 1290. The van der Waals surface area contributed by atoms with Crippen molar-refractivity contribution in [2.24, 2.45) is 0 Å². The SMILES string of the molecule is COc1cccc(OCc2nn3c(-c4oc5ccccc5c4C)nnc3s2)c1. The van der Waals surface area contributed by atoms with E-state index in [0.29, 0.717) is 23.2 Å². The van der Waals surface area contributed by atoms with Gasteiger partial charge >= 0.3 is 0 Å². The summed E-state index contributed by atoms with van der Waals surface area (Å²) in [6, 6.07) is 15.4. The lowest BCUT2D eigenvalue weighted by Crippen LogP contribution is -1.98. The van der Waals surface area contributed by atoms with E-state index in [1.54, 1.807) is 11.6 Å². The number of fused-ring (bicyclic) bond motifs is 2. The van der Waals surface area contributed by atoms with Crippen LogP contribution in [0, 0.1) is 6.92 Å². The third-order valence-corrected chi connectivity index (χ3v) is 5.36. The Morgan fingerprint density at radius 3 is 2.79 bits per heavy atom. The number of hydrogen-bond donors (Lipinski definition) is 0. The number of methoxy groups -OCH3 is 1. The molecule has 5 rings (SSSR count). The Hall–Kier alpha value is -3.39. The summed E-state index contributed by atoms with van der Waals surface area (Å²) in [5.74, 6) is 2.74. The molecule has 0 saturated carbocycles. The van der Waals surface area contributed by atoms with E-state index < -0.39 is 0 Å². The number of para-hydroxylation sites is 1. The zero-order valence-corrected chi connectivity index (χ0v) is 16.1. The van der Waals surface area contributed by atoms with Gasteiger partial charge in [-0.3, -0.25) is 0 Å². The molecule has 0 aliphatic heterocycles. The maximum atomic E-state index is 6.01. The highest BCUT2D eigenvalue weighted by atomic mass is 32.1.